The molecule has 2 N–H and O–H groups in total. The average Bonchev–Trinajstić information content (AvgIpc) is 2.45. The topological polar surface area (TPSA) is 66.4 Å². The first kappa shape index (κ1) is 17.2. The maximum absolute atomic E-state index is 11.9. The van der Waals surface area contributed by atoms with Crippen molar-refractivity contribution < 1.29 is 14.7 Å². The molecular formula is C16H20ClNO3. The summed E-state index contributed by atoms with van der Waals surface area (Å²) in [5.74, 6) is -1.45. The fraction of sp³-hybridized carbons (Fsp3) is 0.375. The minimum atomic E-state index is -1.22. The van der Waals surface area contributed by atoms with E-state index < -0.39 is 17.4 Å². The second-order valence-corrected chi connectivity index (χ2v) is 5.33. The van der Waals surface area contributed by atoms with Crippen LogP contribution in [0.4, 0.5) is 0 Å². The highest BCUT2D eigenvalue weighted by atomic mass is 35.5. The van der Waals surface area contributed by atoms with E-state index in [4.69, 9.17) is 11.6 Å². The van der Waals surface area contributed by atoms with Crippen LogP contribution in [0.1, 0.15) is 37.8 Å². The van der Waals surface area contributed by atoms with Crippen LogP contribution in [-0.4, -0.2) is 22.5 Å². The third-order valence-electron chi connectivity index (χ3n) is 3.60. The maximum atomic E-state index is 11.9. The van der Waals surface area contributed by atoms with E-state index in [0.717, 1.165) is 11.1 Å². The van der Waals surface area contributed by atoms with Gasteiger partial charge in [-0.05, 0) is 43.0 Å². The zero-order valence-corrected chi connectivity index (χ0v) is 13.2. The molecule has 0 saturated carbocycles. The number of hydrogen-bond donors (Lipinski definition) is 2. The largest absolute Gasteiger partial charge is 0.480 e. The minimum absolute atomic E-state index is 0.328. The van der Waals surface area contributed by atoms with Crippen molar-refractivity contribution in [2.75, 3.05) is 0 Å². The van der Waals surface area contributed by atoms with Crippen LogP contribution in [0.15, 0.2) is 24.3 Å². The van der Waals surface area contributed by atoms with Gasteiger partial charge in [-0.15, -0.1) is 0 Å². The summed E-state index contributed by atoms with van der Waals surface area (Å²) in [6, 6.07) is 5.46. The molecule has 0 aliphatic carbocycles. The monoisotopic (exact) mass is 309 g/mol. The van der Waals surface area contributed by atoms with Crippen LogP contribution in [-0.2, 0) is 9.59 Å². The fourth-order valence-corrected chi connectivity index (χ4v) is 2.13. The Balaban J connectivity index is 2.82. The normalized spacial score (nSPS) is 11.6. The van der Waals surface area contributed by atoms with Crippen LogP contribution in [0.5, 0.6) is 0 Å². The Hall–Kier alpha value is -1.81. The fourth-order valence-electron chi connectivity index (χ4n) is 1.94. The van der Waals surface area contributed by atoms with E-state index in [1.165, 1.54) is 6.08 Å². The number of carboxylic acids is 1. The zero-order chi connectivity index (χ0) is 16.0. The SMILES string of the molecule is CCC(CC)(NC(=O)C=Cc1ccc(C)c(Cl)c1)C(=O)O. The lowest BCUT2D eigenvalue weighted by Gasteiger charge is -2.27. The molecule has 0 fully saturated rings. The van der Waals surface area contributed by atoms with Gasteiger partial charge in [0.1, 0.15) is 5.54 Å². The standard InChI is InChI=1S/C16H20ClNO3/c1-4-16(5-2,15(20)21)18-14(19)9-8-12-7-6-11(3)13(17)10-12/h6-10H,4-5H2,1-3H3,(H,18,19)(H,20,21). The first-order valence-corrected chi connectivity index (χ1v) is 7.22. The Bertz CT molecular complexity index is 563. The molecule has 1 aromatic carbocycles. The van der Waals surface area contributed by atoms with E-state index in [2.05, 4.69) is 5.32 Å². The summed E-state index contributed by atoms with van der Waals surface area (Å²) in [6.45, 7) is 5.37. The number of aliphatic carboxylic acids is 1. The number of hydrogen-bond acceptors (Lipinski definition) is 2. The van der Waals surface area contributed by atoms with Crippen molar-refractivity contribution in [2.24, 2.45) is 0 Å². The molecule has 0 bridgehead atoms. The Morgan fingerprint density at radius 2 is 1.95 bits per heavy atom. The van der Waals surface area contributed by atoms with E-state index in [-0.39, 0.29) is 0 Å². The predicted octanol–water partition coefficient (Wildman–Crippen LogP) is 3.42. The van der Waals surface area contributed by atoms with Crippen molar-refractivity contribution in [1.82, 2.24) is 5.32 Å². The number of halogens is 1. The van der Waals surface area contributed by atoms with E-state index in [0.29, 0.717) is 17.9 Å². The second kappa shape index (κ2) is 7.27. The number of aryl methyl sites for hydroxylation is 1. The van der Waals surface area contributed by atoms with Gasteiger partial charge in [0.05, 0.1) is 0 Å². The van der Waals surface area contributed by atoms with E-state index in [9.17, 15) is 14.7 Å². The third-order valence-corrected chi connectivity index (χ3v) is 4.01. The van der Waals surface area contributed by atoms with Crippen molar-refractivity contribution in [3.8, 4) is 0 Å². The smallest absolute Gasteiger partial charge is 0.329 e. The molecule has 1 rings (SSSR count). The van der Waals surface area contributed by atoms with E-state index >= 15 is 0 Å². The summed E-state index contributed by atoms with van der Waals surface area (Å²) < 4.78 is 0. The lowest BCUT2D eigenvalue weighted by Crippen LogP contribution is -2.53. The molecule has 0 aromatic heterocycles. The molecule has 4 nitrogen and oxygen atoms in total. The van der Waals surface area contributed by atoms with Crippen molar-refractivity contribution in [3.05, 3.63) is 40.4 Å². The van der Waals surface area contributed by atoms with E-state index in [1.54, 1.807) is 26.0 Å². The highest BCUT2D eigenvalue weighted by molar-refractivity contribution is 6.31. The number of rotatable bonds is 6. The van der Waals surface area contributed by atoms with Gasteiger partial charge >= 0.3 is 5.97 Å². The summed E-state index contributed by atoms with van der Waals surface area (Å²) in [6.07, 6.45) is 3.59. The molecule has 0 unspecified atom stereocenters. The molecule has 0 aliphatic heterocycles. The van der Waals surface area contributed by atoms with Gasteiger partial charge in [0.2, 0.25) is 5.91 Å². The van der Waals surface area contributed by atoms with Crippen molar-refractivity contribution in [2.45, 2.75) is 39.2 Å². The first-order chi connectivity index (χ1) is 9.84. The van der Waals surface area contributed by atoms with Crippen molar-refractivity contribution in [3.63, 3.8) is 0 Å². The summed E-state index contributed by atoms with van der Waals surface area (Å²) in [7, 11) is 0. The molecule has 0 aliphatic rings. The number of amides is 1. The van der Waals surface area contributed by atoms with Crippen LogP contribution in [0.2, 0.25) is 5.02 Å². The highest BCUT2D eigenvalue weighted by Crippen LogP contribution is 2.18. The van der Waals surface area contributed by atoms with Gasteiger partial charge in [-0.1, -0.05) is 37.6 Å². The van der Waals surface area contributed by atoms with Gasteiger partial charge in [0.25, 0.3) is 0 Å². The van der Waals surface area contributed by atoms with Crippen LogP contribution in [0.25, 0.3) is 6.08 Å². The van der Waals surface area contributed by atoms with Crippen LogP contribution in [0.3, 0.4) is 0 Å². The van der Waals surface area contributed by atoms with Crippen LogP contribution < -0.4 is 5.32 Å². The Morgan fingerprint density at radius 3 is 2.43 bits per heavy atom. The molecule has 114 valence electrons. The van der Waals surface area contributed by atoms with Crippen molar-refractivity contribution >= 4 is 29.6 Å². The molecule has 0 spiro atoms. The number of carbonyl (C=O) groups is 2. The van der Waals surface area contributed by atoms with Gasteiger partial charge in [0.15, 0.2) is 0 Å². The lowest BCUT2D eigenvalue weighted by molar-refractivity contribution is -0.147. The number of carboxylic acid groups (broad SMARTS) is 1. The molecule has 0 saturated heterocycles. The number of nitrogens with one attached hydrogen (secondary N) is 1. The summed E-state index contributed by atoms with van der Waals surface area (Å²) in [4.78, 5) is 23.2. The molecule has 21 heavy (non-hydrogen) atoms. The Labute approximate surface area is 129 Å². The number of benzene rings is 1. The van der Waals surface area contributed by atoms with Gasteiger partial charge in [0, 0.05) is 11.1 Å². The minimum Gasteiger partial charge on any atom is -0.480 e. The van der Waals surface area contributed by atoms with Crippen LogP contribution in [0, 0.1) is 6.92 Å². The quantitative estimate of drug-likeness (QED) is 0.791. The lowest BCUT2D eigenvalue weighted by atomic mass is 9.93. The average molecular weight is 310 g/mol. The van der Waals surface area contributed by atoms with Crippen LogP contribution >= 0.6 is 11.6 Å². The molecule has 1 aromatic rings. The zero-order valence-electron chi connectivity index (χ0n) is 12.4. The Morgan fingerprint density at radius 1 is 1.33 bits per heavy atom. The summed E-state index contributed by atoms with van der Waals surface area (Å²) in [5, 5.41) is 12.5. The third kappa shape index (κ3) is 4.33. The molecule has 0 atom stereocenters. The van der Waals surface area contributed by atoms with Gasteiger partial charge in [-0.3, -0.25) is 4.79 Å². The highest BCUT2D eigenvalue weighted by Gasteiger charge is 2.35. The van der Waals surface area contributed by atoms with E-state index in [1.807, 2.05) is 19.1 Å². The maximum Gasteiger partial charge on any atom is 0.329 e. The summed E-state index contributed by atoms with van der Waals surface area (Å²) in [5.41, 5.74) is 0.529. The van der Waals surface area contributed by atoms with Gasteiger partial charge in [-0.2, -0.15) is 0 Å². The molecular weight excluding hydrogens is 290 g/mol. The predicted molar refractivity (Wildman–Crippen MR) is 84.3 cm³/mol. The first-order valence-electron chi connectivity index (χ1n) is 6.84. The molecule has 0 radical (unpaired) electrons. The summed E-state index contributed by atoms with van der Waals surface area (Å²) >= 11 is 6.01. The molecule has 1 amide bonds. The number of carbonyl (C=O) groups excluding carboxylic acids is 1. The molecule has 5 heteroatoms. The van der Waals surface area contributed by atoms with Gasteiger partial charge in [-0.25, -0.2) is 4.79 Å². The van der Waals surface area contributed by atoms with Crippen molar-refractivity contribution in [1.29, 1.82) is 0 Å². The van der Waals surface area contributed by atoms with Gasteiger partial charge < -0.3 is 10.4 Å². The molecule has 0 heterocycles. The Kier molecular flexibility index (Phi) is 5.97. The second-order valence-electron chi connectivity index (χ2n) is 4.93.